The molecule has 216 valence electrons. The molecule has 0 aliphatic rings. The second kappa shape index (κ2) is 11.0. The highest BCUT2D eigenvalue weighted by atomic mass is 15.0. The van der Waals surface area contributed by atoms with Crippen molar-refractivity contribution in [3.8, 4) is 11.4 Å². The SMILES string of the molecule is CCCCc1ccc(-n2c3ccccc3c3c4ccc5c(c4ccc32)c2ccccc2n5-c2ccc(CCCC)cc2)cc1. The van der Waals surface area contributed by atoms with Crippen molar-refractivity contribution >= 4 is 54.4 Å². The van der Waals surface area contributed by atoms with Crippen molar-refractivity contribution in [3.05, 3.63) is 132 Å². The van der Waals surface area contributed by atoms with Crippen LogP contribution in [0.3, 0.4) is 0 Å². The first-order valence-electron chi connectivity index (χ1n) is 16.3. The number of aryl methyl sites for hydroxylation is 2. The summed E-state index contributed by atoms with van der Waals surface area (Å²) >= 11 is 0. The lowest BCUT2D eigenvalue weighted by Gasteiger charge is -2.11. The van der Waals surface area contributed by atoms with E-state index >= 15 is 0 Å². The second-order valence-electron chi connectivity index (χ2n) is 12.3. The van der Waals surface area contributed by atoms with Crippen molar-refractivity contribution in [2.24, 2.45) is 0 Å². The van der Waals surface area contributed by atoms with Crippen LogP contribution in [0.5, 0.6) is 0 Å². The molecule has 0 spiro atoms. The average molecular weight is 571 g/mol. The fraction of sp³-hybridized carbons (Fsp3) is 0.190. The van der Waals surface area contributed by atoms with E-state index in [-0.39, 0.29) is 0 Å². The van der Waals surface area contributed by atoms with E-state index in [4.69, 9.17) is 0 Å². The van der Waals surface area contributed by atoms with Gasteiger partial charge in [0.05, 0.1) is 22.1 Å². The van der Waals surface area contributed by atoms with Crippen LogP contribution in [0.15, 0.2) is 121 Å². The van der Waals surface area contributed by atoms with Crippen molar-refractivity contribution in [2.45, 2.75) is 52.4 Å². The molecule has 8 aromatic rings. The number of fused-ring (bicyclic) bond motifs is 9. The van der Waals surface area contributed by atoms with Gasteiger partial charge in [0.15, 0.2) is 0 Å². The molecule has 0 atom stereocenters. The predicted octanol–water partition coefficient (Wildman–Crippen LogP) is 11.7. The van der Waals surface area contributed by atoms with Gasteiger partial charge in [-0.2, -0.15) is 0 Å². The van der Waals surface area contributed by atoms with Crippen molar-refractivity contribution in [1.29, 1.82) is 0 Å². The Bertz CT molecular complexity index is 2110. The number of hydrogen-bond acceptors (Lipinski definition) is 0. The van der Waals surface area contributed by atoms with Crippen LogP contribution in [0.1, 0.15) is 50.7 Å². The van der Waals surface area contributed by atoms with Crippen molar-refractivity contribution in [1.82, 2.24) is 9.13 Å². The lowest BCUT2D eigenvalue weighted by Crippen LogP contribution is -1.95. The minimum Gasteiger partial charge on any atom is -0.309 e. The van der Waals surface area contributed by atoms with Gasteiger partial charge in [0.2, 0.25) is 0 Å². The van der Waals surface area contributed by atoms with E-state index in [0.717, 1.165) is 12.8 Å². The monoisotopic (exact) mass is 570 g/mol. The Labute approximate surface area is 259 Å². The molecule has 0 fully saturated rings. The molecule has 0 unspecified atom stereocenters. The average Bonchev–Trinajstić information content (AvgIpc) is 3.60. The summed E-state index contributed by atoms with van der Waals surface area (Å²) in [5.41, 5.74) is 10.3. The van der Waals surface area contributed by atoms with Gasteiger partial charge in [0.25, 0.3) is 0 Å². The summed E-state index contributed by atoms with van der Waals surface area (Å²) in [6.07, 6.45) is 7.19. The molecule has 0 aliphatic heterocycles. The molecule has 0 aliphatic carbocycles. The molecular formula is C42H38N2. The van der Waals surface area contributed by atoms with Crippen LogP contribution in [-0.2, 0) is 12.8 Å². The standard InChI is InChI=1S/C42H38N2/c1-3-5-11-29-17-21-31(22-18-29)43-37-15-9-7-13-35(37)41-33-26-28-40-42(34(33)25-27-39(41)43)36-14-8-10-16-38(36)44(40)32-23-19-30(20-24-32)12-6-4-2/h7-10,13-28H,3-6,11-12H2,1-2H3. The van der Waals surface area contributed by atoms with Crippen LogP contribution >= 0.6 is 0 Å². The van der Waals surface area contributed by atoms with E-state index in [1.807, 2.05) is 0 Å². The normalized spacial score (nSPS) is 12.0. The van der Waals surface area contributed by atoms with E-state index in [9.17, 15) is 0 Å². The van der Waals surface area contributed by atoms with Crippen LogP contribution in [0.2, 0.25) is 0 Å². The van der Waals surface area contributed by atoms with Crippen LogP contribution < -0.4 is 0 Å². The second-order valence-corrected chi connectivity index (χ2v) is 12.3. The molecule has 2 nitrogen and oxygen atoms in total. The third kappa shape index (κ3) is 4.24. The number of hydrogen-bond donors (Lipinski definition) is 0. The number of nitrogens with zero attached hydrogens (tertiary/aromatic N) is 2. The zero-order valence-corrected chi connectivity index (χ0v) is 25.7. The van der Waals surface area contributed by atoms with Gasteiger partial charge in [-0.3, -0.25) is 0 Å². The van der Waals surface area contributed by atoms with Crippen LogP contribution in [-0.4, -0.2) is 9.13 Å². The van der Waals surface area contributed by atoms with Gasteiger partial charge in [-0.25, -0.2) is 0 Å². The maximum atomic E-state index is 2.45. The Kier molecular flexibility index (Phi) is 6.71. The molecule has 8 rings (SSSR count). The lowest BCUT2D eigenvalue weighted by molar-refractivity contribution is 0.795. The molecular weight excluding hydrogens is 532 g/mol. The lowest BCUT2D eigenvalue weighted by atomic mass is 9.99. The summed E-state index contributed by atoms with van der Waals surface area (Å²) in [6, 6.07) is 45.6. The molecule has 0 N–H and O–H groups in total. The number of rotatable bonds is 8. The molecule has 0 bridgehead atoms. The molecule has 0 amide bonds. The van der Waals surface area contributed by atoms with Gasteiger partial charge >= 0.3 is 0 Å². The first-order valence-corrected chi connectivity index (χ1v) is 16.3. The van der Waals surface area contributed by atoms with Crippen molar-refractivity contribution in [2.75, 3.05) is 0 Å². The summed E-state index contributed by atoms with van der Waals surface area (Å²) in [6.45, 7) is 4.52. The highest BCUT2D eigenvalue weighted by Crippen LogP contribution is 2.42. The maximum Gasteiger partial charge on any atom is 0.0547 e. The number of unbranched alkanes of at least 4 members (excludes halogenated alkanes) is 2. The van der Waals surface area contributed by atoms with Crippen molar-refractivity contribution in [3.63, 3.8) is 0 Å². The van der Waals surface area contributed by atoms with Crippen LogP contribution in [0, 0.1) is 0 Å². The zero-order chi connectivity index (χ0) is 29.6. The van der Waals surface area contributed by atoms with Crippen LogP contribution in [0.4, 0.5) is 0 Å². The molecule has 2 heterocycles. The predicted molar refractivity (Wildman–Crippen MR) is 190 cm³/mol. The third-order valence-corrected chi connectivity index (χ3v) is 9.49. The molecule has 0 saturated heterocycles. The quantitative estimate of drug-likeness (QED) is 0.172. The van der Waals surface area contributed by atoms with Gasteiger partial charge in [-0.05, 0) is 96.1 Å². The largest absolute Gasteiger partial charge is 0.309 e. The highest BCUT2D eigenvalue weighted by Gasteiger charge is 2.19. The minimum absolute atomic E-state index is 1.14. The summed E-state index contributed by atoms with van der Waals surface area (Å²) in [4.78, 5) is 0. The smallest absolute Gasteiger partial charge is 0.0547 e. The van der Waals surface area contributed by atoms with Gasteiger partial charge in [0, 0.05) is 32.9 Å². The Balaban J connectivity index is 1.37. The first-order chi connectivity index (χ1) is 21.8. The van der Waals surface area contributed by atoms with Gasteiger partial charge in [-0.15, -0.1) is 0 Å². The number of para-hydroxylation sites is 2. The zero-order valence-electron chi connectivity index (χ0n) is 25.7. The minimum atomic E-state index is 1.14. The topological polar surface area (TPSA) is 9.86 Å². The summed E-state index contributed by atoms with van der Waals surface area (Å²) in [5, 5.41) is 7.87. The van der Waals surface area contributed by atoms with E-state index in [2.05, 4.69) is 144 Å². The van der Waals surface area contributed by atoms with E-state index in [0.29, 0.717) is 0 Å². The summed E-state index contributed by atoms with van der Waals surface area (Å²) in [5.74, 6) is 0. The number of benzene rings is 6. The molecule has 2 aromatic heterocycles. The van der Waals surface area contributed by atoms with E-state index < -0.39 is 0 Å². The van der Waals surface area contributed by atoms with Gasteiger partial charge in [0.1, 0.15) is 0 Å². The molecule has 0 saturated carbocycles. The Morgan fingerprint density at radius 2 is 0.795 bits per heavy atom. The molecule has 0 radical (unpaired) electrons. The molecule has 44 heavy (non-hydrogen) atoms. The third-order valence-electron chi connectivity index (χ3n) is 9.49. The van der Waals surface area contributed by atoms with E-state index in [1.54, 1.807) is 0 Å². The van der Waals surface area contributed by atoms with Crippen molar-refractivity contribution < 1.29 is 0 Å². The van der Waals surface area contributed by atoms with E-state index in [1.165, 1.54) is 103 Å². The van der Waals surface area contributed by atoms with Crippen LogP contribution in [0.25, 0.3) is 65.8 Å². The Morgan fingerprint density at radius 3 is 1.20 bits per heavy atom. The molecule has 2 heteroatoms. The maximum absolute atomic E-state index is 2.45. The fourth-order valence-corrected chi connectivity index (χ4v) is 7.28. The van der Waals surface area contributed by atoms with Gasteiger partial charge < -0.3 is 9.13 Å². The number of aromatic nitrogens is 2. The Hall–Kier alpha value is -4.82. The highest BCUT2D eigenvalue weighted by molar-refractivity contribution is 6.29. The molecule has 6 aromatic carbocycles. The summed E-state index contributed by atoms with van der Waals surface area (Å²) < 4.78 is 4.89. The Morgan fingerprint density at radius 1 is 0.386 bits per heavy atom. The van der Waals surface area contributed by atoms with Gasteiger partial charge in [-0.1, -0.05) is 99.5 Å². The first kappa shape index (κ1) is 26.8. The fourth-order valence-electron chi connectivity index (χ4n) is 7.28. The summed E-state index contributed by atoms with van der Waals surface area (Å²) in [7, 11) is 0.